The average molecular weight is 463 g/mol. The third-order valence-electron chi connectivity index (χ3n) is 6.05. The summed E-state index contributed by atoms with van der Waals surface area (Å²) in [6.45, 7) is 8.31. The molecule has 3 aliphatic heterocycles. The van der Waals surface area contributed by atoms with Crippen molar-refractivity contribution in [2.24, 2.45) is 0 Å². The number of hydrogen-bond acceptors (Lipinski definition) is 9. The molecule has 1 N–H and O–H groups in total. The Kier molecular flexibility index (Phi) is 5.88. The van der Waals surface area contributed by atoms with E-state index in [0.29, 0.717) is 13.2 Å². The summed E-state index contributed by atoms with van der Waals surface area (Å²) in [7, 11) is 0. The van der Waals surface area contributed by atoms with E-state index in [1.54, 1.807) is 6.20 Å². The number of fused-ring (bicyclic) bond motifs is 1. The fourth-order valence-electron chi connectivity index (χ4n) is 4.78. The normalized spacial score (nSPS) is 34.1. The van der Waals surface area contributed by atoms with Gasteiger partial charge in [0.2, 0.25) is 0 Å². The lowest BCUT2D eigenvalue weighted by molar-refractivity contribution is -0.232. The Hall–Kier alpha value is -1.43. The van der Waals surface area contributed by atoms with Crippen molar-refractivity contribution in [2.75, 3.05) is 6.61 Å². The van der Waals surface area contributed by atoms with Crippen LogP contribution in [0.4, 0.5) is 0 Å². The van der Waals surface area contributed by atoms with Gasteiger partial charge in [-0.15, -0.1) is 11.3 Å². The molecule has 0 aliphatic carbocycles. The first kappa shape index (κ1) is 22.4. The molecular formula is C23H30N2O6S. The SMILES string of the molecule is CC1(C)O[C@@H]2[C@H](O1)[C@H]([C@H](c1nccs1)N(O)Cc1ccccc1)O[C@@H]2[C@H]1COC(C)(C)O1. The van der Waals surface area contributed by atoms with Crippen molar-refractivity contribution in [3.63, 3.8) is 0 Å². The highest BCUT2D eigenvalue weighted by Crippen LogP contribution is 2.46. The first-order valence-electron chi connectivity index (χ1n) is 10.9. The smallest absolute Gasteiger partial charge is 0.164 e. The van der Waals surface area contributed by atoms with Crippen LogP contribution in [0.5, 0.6) is 0 Å². The summed E-state index contributed by atoms with van der Waals surface area (Å²) in [4.78, 5) is 4.50. The van der Waals surface area contributed by atoms with E-state index in [4.69, 9.17) is 23.7 Å². The quantitative estimate of drug-likeness (QED) is 0.653. The second-order valence-corrected chi connectivity index (χ2v) is 10.3. The third-order valence-corrected chi connectivity index (χ3v) is 6.89. The van der Waals surface area contributed by atoms with E-state index in [2.05, 4.69) is 4.98 Å². The van der Waals surface area contributed by atoms with Crippen LogP contribution in [0.15, 0.2) is 41.9 Å². The standard InChI is InChI=1S/C23H30N2O6S/c1-22(2)27-13-15(29-22)17-19-20(31-23(3,4)30-19)18(28-17)16(21-24-10-11-32-21)25(26)12-14-8-6-5-7-9-14/h5-11,15-20,26H,12-13H2,1-4H3/t15-,16-,17-,18+,19+,20-/m1/s1. The lowest BCUT2D eigenvalue weighted by atomic mass is 10.00. The van der Waals surface area contributed by atoms with Gasteiger partial charge in [-0.1, -0.05) is 30.3 Å². The van der Waals surface area contributed by atoms with Gasteiger partial charge in [-0.2, -0.15) is 5.06 Å². The molecule has 4 heterocycles. The molecule has 0 saturated carbocycles. The molecule has 0 unspecified atom stereocenters. The Morgan fingerprint density at radius 1 is 1.06 bits per heavy atom. The number of hydroxylamine groups is 2. The number of ether oxygens (including phenoxy) is 5. The number of thiazole rings is 1. The molecule has 3 fully saturated rings. The van der Waals surface area contributed by atoms with Crippen molar-refractivity contribution in [3.8, 4) is 0 Å². The van der Waals surface area contributed by atoms with Crippen LogP contribution in [-0.4, -0.2) is 64.0 Å². The van der Waals surface area contributed by atoms with Crippen LogP contribution in [-0.2, 0) is 30.2 Å². The molecule has 1 aromatic carbocycles. The van der Waals surface area contributed by atoms with Gasteiger partial charge in [-0.25, -0.2) is 4.98 Å². The number of nitrogens with zero attached hydrogens (tertiary/aromatic N) is 2. The van der Waals surface area contributed by atoms with Gasteiger partial charge >= 0.3 is 0 Å². The maximum absolute atomic E-state index is 11.2. The molecule has 1 aromatic heterocycles. The topological polar surface area (TPSA) is 82.5 Å². The molecule has 2 aromatic rings. The zero-order chi connectivity index (χ0) is 22.5. The van der Waals surface area contributed by atoms with Gasteiger partial charge < -0.3 is 28.9 Å². The molecule has 174 valence electrons. The van der Waals surface area contributed by atoms with Gasteiger partial charge in [0.05, 0.1) is 6.61 Å². The van der Waals surface area contributed by atoms with E-state index in [9.17, 15) is 5.21 Å². The first-order valence-corrected chi connectivity index (χ1v) is 11.8. The predicted molar refractivity (Wildman–Crippen MR) is 116 cm³/mol. The molecule has 5 rings (SSSR count). The highest BCUT2D eigenvalue weighted by atomic mass is 32.1. The van der Waals surface area contributed by atoms with Crippen LogP contribution < -0.4 is 0 Å². The van der Waals surface area contributed by atoms with Crippen molar-refractivity contribution >= 4 is 11.3 Å². The first-order chi connectivity index (χ1) is 15.2. The van der Waals surface area contributed by atoms with Gasteiger partial charge in [0.15, 0.2) is 11.6 Å². The largest absolute Gasteiger partial charge is 0.364 e. The van der Waals surface area contributed by atoms with Crippen LogP contribution in [0.2, 0.25) is 0 Å². The molecule has 0 amide bonds. The average Bonchev–Trinajstić information content (AvgIpc) is 3.49. The summed E-state index contributed by atoms with van der Waals surface area (Å²) >= 11 is 1.48. The highest BCUT2D eigenvalue weighted by Gasteiger charge is 2.61. The molecule has 6 atom stereocenters. The molecule has 0 radical (unpaired) electrons. The van der Waals surface area contributed by atoms with Crippen LogP contribution in [0.1, 0.15) is 44.3 Å². The fraction of sp³-hybridized carbons (Fsp3) is 0.609. The minimum atomic E-state index is -0.766. The molecule has 32 heavy (non-hydrogen) atoms. The molecule has 8 nitrogen and oxygen atoms in total. The maximum Gasteiger partial charge on any atom is 0.164 e. The van der Waals surface area contributed by atoms with Gasteiger partial charge in [0.1, 0.15) is 41.6 Å². The van der Waals surface area contributed by atoms with Crippen molar-refractivity contribution < 1.29 is 28.9 Å². The number of rotatable bonds is 6. The Labute approximate surface area is 192 Å². The van der Waals surface area contributed by atoms with E-state index in [1.807, 2.05) is 63.4 Å². The summed E-state index contributed by atoms with van der Waals surface area (Å²) in [6.07, 6.45) is -0.176. The van der Waals surface area contributed by atoms with E-state index < -0.39 is 23.7 Å². The Bertz CT molecular complexity index is 908. The van der Waals surface area contributed by atoms with E-state index >= 15 is 0 Å². The Morgan fingerprint density at radius 2 is 1.81 bits per heavy atom. The van der Waals surface area contributed by atoms with Crippen LogP contribution in [0, 0.1) is 0 Å². The summed E-state index contributed by atoms with van der Waals surface area (Å²) in [5.74, 6) is -1.45. The molecule has 3 saturated heterocycles. The van der Waals surface area contributed by atoms with Crippen molar-refractivity contribution in [2.45, 2.75) is 82.4 Å². The van der Waals surface area contributed by atoms with E-state index in [1.165, 1.54) is 16.4 Å². The minimum Gasteiger partial charge on any atom is -0.364 e. The molecular weight excluding hydrogens is 432 g/mol. The van der Waals surface area contributed by atoms with Crippen LogP contribution >= 0.6 is 11.3 Å². The lowest BCUT2D eigenvalue weighted by Gasteiger charge is -2.33. The third kappa shape index (κ3) is 4.36. The second-order valence-electron chi connectivity index (χ2n) is 9.40. The highest BCUT2D eigenvalue weighted by molar-refractivity contribution is 7.09. The molecule has 0 bridgehead atoms. The number of benzene rings is 1. The van der Waals surface area contributed by atoms with Crippen molar-refractivity contribution in [1.29, 1.82) is 0 Å². The van der Waals surface area contributed by atoms with Crippen molar-refractivity contribution in [3.05, 3.63) is 52.5 Å². The van der Waals surface area contributed by atoms with Gasteiger partial charge in [0, 0.05) is 18.1 Å². The zero-order valence-electron chi connectivity index (χ0n) is 18.7. The summed E-state index contributed by atoms with van der Waals surface area (Å²) in [5.41, 5.74) is 0.987. The maximum atomic E-state index is 11.2. The van der Waals surface area contributed by atoms with Crippen molar-refractivity contribution in [1.82, 2.24) is 10.0 Å². The predicted octanol–water partition coefficient (Wildman–Crippen LogP) is 3.51. The monoisotopic (exact) mass is 462 g/mol. The van der Waals surface area contributed by atoms with Gasteiger partial charge in [-0.3, -0.25) is 0 Å². The second kappa shape index (κ2) is 8.41. The molecule has 3 aliphatic rings. The lowest BCUT2D eigenvalue weighted by Crippen LogP contribution is -2.41. The Morgan fingerprint density at radius 3 is 2.47 bits per heavy atom. The van der Waals surface area contributed by atoms with E-state index in [0.717, 1.165) is 10.6 Å². The zero-order valence-corrected chi connectivity index (χ0v) is 19.5. The van der Waals surface area contributed by atoms with Gasteiger partial charge in [0.25, 0.3) is 0 Å². The summed E-state index contributed by atoms with van der Waals surface area (Å²) < 4.78 is 31.0. The van der Waals surface area contributed by atoms with Crippen LogP contribution in [0.25, 0.3) is 0 Å². The number of hydrogen-bond donors (Lipinski definition) is 1. The van der Waals surface area contributed by atoms with Gasteiger partial charge in [-0.05, 0) is 33.3 Å². The minimum absolute atomic E-state index is 0.293. The van der Waals surface area contributed by atoms with E-state index in [-0.39, 0.29) is 24.4 Å². The number of aromatic nitrogens is 1. The molecule has 9 heteroatoms. The van der Waals surface area contributed by atoms with Crippen LogP contribution in [0.3, 0.4) is 0 Å². The summed E-state index contributed by atoms with van der Waals surface area (Å²) in [5, 5.41) is 15.2. The fourth-order valence-corrected chi connectivity index (χ4v) is 5.56. The molecule has 0 spiro atoms. The summed E-state index contributed by atoms with van der Waals surface area (Å²) in [6, 6.07) is 9.29. The Balaban J connectivity index is 1.45.